The standard InChI is InChI=1S/C33H39NO6/c1-18-19(2)30(37)33(3)26(29(18)36)17-25-23(28(33)20-9-11-22(12-10-20)40-16-15-35)13-14-24-27(25)32(39)34(31(24)38)21-7-5-4-6-8-21/h9-13,21,24-28,35H,4-8,14-17H2,1-3H3/t24-,25+,26-,27-,28-,33+/m0/s1. The van der Waals surface area contributed by atoms with Gasteiger partial charge in [0.1, 0.15) is 12.4 Å². The quantitative estimate of drug-likeness (QED) is 0.431. The molecule has 1 aromatic rings. The van der Waals surface area contributed by atoms with Gasteiger partial charge < -0.3 is 9.84 Å². The van der Waals surface area contributed by atoms with E-state index in [0.717, 1.165) is 43.2 Å². The van der Waals surface area contributed by atoms with E-state index in [9.17, 15) is 19.2 Å². The molecule has 5 aliphatic rings. The molecular formula is C33H39NO6. The highest BCUT2D eigenvalue weighted by molar-refractivity contribution is 6.16. The van der Waals surface area contributed by atoms with Gasteiger partial charge in [-0.1, -0.05) is 50.0 Å². The van der Waals surface area contributed by atoms with Crippen LogP contribution in [0.15, 0.2) is 47.1 Å². The average molecular weight is 546 g/mol. The molecule has 0 bridgehead atoms. The van der Waals surface area contributed by atoms with Gasteiger partial charge in [0.2, 0.25) is 11.8 Å². The van der Waals surface area contributed by atoms with Crippen molar-refractivity contribution >= 4 is 23.4 Å². The molecule has 212 valence electrons. The van der Waals surface area contributed by atoms with Crippen LogP contribution in [0.3, 0.4) is 0 Å². The average Bonchev–Trinajstić information content (AvgIpc) is 3.23. The number of carbonyl (C=O) groups excluding carboxylic acids is 4. The molecule has 7 heteroatoms. The van der Waals surface area contributed by atoms with Crippen molar-refractivity contribution in [1.82, 2.24) is 4.90 Å². The van der Waals surface area contributed by atoms with E-state index in [0.29, 0.717) is 29.7 Å². The highest BCUT2D eigenvalue weighted by Crippen LogP contribution is 2.63. The number of Topliss-reactive ketones (excluding diaryl/α,β-unsaturated/α-hetero) is 2. The van der Waals surface area contributed by atoms with E-state index in [1.165, 1.54) is 0 Å². The van der Waals surface area contributed by atoms with Gasteiger partial charge in [0.25, 0.3) is 0 Å². The third-order valence-electron chi connectivity index (χ3n) is 10.7. The number of amides is 2. The van der Waals surface area contributed by atoms with Crippen LogP contribution in [0.1, 0.15) is 77.2 Å². The number of hydrogen-bond donors (Lipinski definition) is 1. The molecule has 2 saturated carbocycles. The molecule has 1 saturated heterocycles. The molecule has 6 rings (SSSR count). The molecule has 7 nitrogen and oxygen atoms in total. The number of hydrogen-bond acceptors (Lipinski definition) is 6. The van der Waals surface area contributed by atoms with Crippen LogP contribution in [-0.2, 0) is 19.2 Å². The number of aliphatic hydroxyl groups excluding tert-OH is 1. The number of benzene rings is 1. The minimum atomic E-state index is -0.988. The summed E-state index contributed by atoms with van der Waals surface area (Å²) in [5, 5.41) is 9.13. The van der Waals surface area contributed by atoms with E-state index in [1.807, 2.05) is 31.2 Å². The van der Waals surface area contributed by atoms with Gasteiger partial charge in [-0.2, -0.15) is 0 Å². The molecule has 6 atom stereocenters. The van der Waals surface area contributed by atoms with Gasteiger partial charge in [0, 0.05) is 17.9 Å². The Kier molecular flexibility index (Phi) is 6.84. The first-order valence-electron chi connectivity index (χ1n) is 14.9. The zero-order valence-electron chi connectivity index (χ0n) is 23.7. The van der Waals surface area contributed by atoms with Crippen LogP contribution in [0.2, 0.25) is 0 Å². The fourth-order valence-electron chi connectivity index (χ4n) is 8.60. The summed E-state index contributed by atoms with van der Waals surface area (Å²) in [4.78, 5) is 57.3. The fraction of sp³-hybridized carbons (Fsp3) is 0.576. The predicted molar refractivity (Wildman–Crippen MR) is 148 cm³/mol. The number of aliphatic hydroxyl groups is 1. The summed E-state index contributed by atoms with van der Waals surface area (Å²) in [7, 11) is 0. The van der Waals surface area contributed by atoms with E-state index < -0.39 is 29.1 Å². The first kappa shape index (κ1) is 27.1. The topological polar surface area (TPSA) is 101 Å². The summed E-state index contributed by atoms with van der Waals surface area (Å²) in [6.45, 7) is 5.50. The van der Waals surface area contributed by atoms with E-state index in [-0.39, 0.29) is 48.6 Å². The molecule has 1 aromatic carbocycles. The summed E-state index contributed by atoms with van der Waals surface area (Å²) < 4.78 is 5.58. The Balaban J connectivity index is 1.44. The number of rotatable bonds is 5. The first-order chi connectivity index (χ1) is 19.2. The van der Waals surface area contributed by atoms with E-state index in [1.54, 1.807) is 18.7 Å². The van der Waals surface area contributed by atoms with Crippen LogP contribution in [0.5, 0.6) is 5.75 Å². The van der Waals surface area contributed by atoms with Gasteiger partial charge in [-0.25, -0.2) is 0 Å². The van der Waals surface area contributed by atoms with Gasteiger partial charge >= 0.3 is 0 Å². The third kappa shape index (κ3) is 3.87. The van der Waals surface area contributed by atoms with Gasteiger partial charge in [-0.3, -0.25) is 24.1 Å². The van der Waals surface area contributed by atoms with Crippen LogP contribution >= 0.6 is 0 Å². The van der Waals surface area contributed by atoms with Crippen molar-refractivity contribution in [2.45, 2.75) is 77.7 Å². The summed E-state index contributed by atoms with van der Waals surface area (Å²) in [6.07, 6.45) is 7.94. The predicted octanol–water partition coefficient (Wildman–Crippen LogP) is 4.54. The normalized spacial score (nSPS) is 34.5. The lowest BCUT2D eigenvalue weighted by Crippen LogP contribution is -2.55. The van der Waals surface area contributed by atoms with Gasteiger partial charge in [-0.05, 0) is 74.3 Å². The Labute approximate surface area is 235 Å². The second-order valence-corrected chi connectivity index (χ2v) is 12.6. The molecule has 40 heavy (non-hydrogen) atoms. The van der Waals surface area contributed by atoms with Crippen molar-refractivity contribution in [1.29, 1.82) is 0 Å². The number of likely N-dealkylation sites (tertiary alicyclic amines) is 1. The number of nitrogens with zero attached hydrogens (tertiary/aromatic N) is 1. The molecule has 3 fully saturated rings. The van der Waals surface area contributed by atoms with Crippen LogP contribution in [-0.4, -0.2) is 52.6 Å². The lowest BCUT2D eigenvalue weighted by molar-refractivity contribution is -0.144. The Bertz CT molecular complexity index is 1320. The van der Waals surface area contributed by atoms with Crippen LogP contribution in [0.4, 0.5) is 0 Å². The summed E-state index contributed by atoms with van der Waals surface area (Å²) in [5.41, 5.74) is 1.95. The van der Waals surface area contributed by atoms with Crippen molar-refractivity contribution < 1.29 is 29.0 Å². The molecule has 0 radical (unpaired) electrons. The number of allylic oxidation sites excluding steroid dienone is 4. The summed E-state index contributed by atoms with van der Waals surface area (Å²) >= 11 is 0. The van der Waals surface area contributed by atoms with Crippen molar-refractivity contribution in [3.05, 3.63) is 52.6 Å². The van der Waals surface area contributed by atoms with Crippen molar-refractivity contribution in [3.63, 3.8) is 0 Å². The Morgan fingerprint density at radius 3 is 2.33 bits per heavy atom. The Morgan fingerprint density at radius 2 is 1.65 bits per heavy atom. The van der Waals surface area contributed by atoms with Crippen molar-refractivity contribution in [3.8, 4) is 5.75 Å². The minimum Gasteiger partial charge on any atom is -0.491 e. The molecule has 1 N–H and O–H groups in total. The maximum absolute atomic E-state index is 14.1. The van der Waals surface area contributed by atoms with Crippen molar-refractivity contribution in [2.24, 2.45) is 29.1 Å². The number of fused-ring (bicyclic) bond motifs is 4. The minimum absolute atomic E-state index is 0.0145. The summed E-state index contributed by atoms with van der Waals surface area (Å²) in [5.74, 6) is -1.65. The van der Waals surface area contributed by atoms with Crippen LogP contribution in [0.25, 0.3) is 0 Å². The van der Waals surface area contributed by atoms with Crippen molar-refractivity contribution in [2.75, 3.05) is 13.2 Å². The summed E-state index contributed by atoms with van der Waals surface area (Å²) in [6, 6.07) is 7.51. The van der Waals surface area contributed by atoms with Crippen LogP contribution in [0, 0.1) is 29.1 Å². The largest absolute Gasteiger partial charge is 0.491 e. The number of ketones is 2. The fourth-order valence-corrected chi connectivity index (χ4v) is 8.60. The van der Waals surface area contributed by atoms with Crippen LogP contribution < -0.4 is 4.74 Å². The SMILES string of the molecule is CC1=C(C)C(=O)[C@@]2(C)[C@@H](c3ccc(OCCO)cc3)C3=CC[C@@H]4C(=O)N(C5CCCCC5)C(=O)[C@@H]4[C@@H]3C[C@H]2C1=O. The van der Waals surface area contributed by atoms with E-state index in [4.69, 9.17) is 9.84 Å². The zero-order valence-corrected chi connectivity index (χ0v) is 23.7. The number of ether oxygens (including phenoxy) is 1. The molecular weight excluding hydrogens is 506 g/mol. The molecule has 1 heterocycles. The second-order valence-electron chi connectivity index (χ2n) is 12.6. The third-order valence-corrected chi connectivity index (χ3v) is 10.7. The number of carbonyl (C=O) groups is 4. The van der Waals surface area contributed by atoms with E-state index in [2.05, 4.69) is 6.08 Å². The Morgan fingerprint density at radius 1 is 0.950 bits per heavy atom. The lowest BCUT2D eigenvalue weighted by atomic mass is 9.46. The maximum atomic E-state index is 14.1. The maximum Gasteiger partial charge on any atom is 0.233 e. The van der Waals surface area contributed by atoms with Gasteiger partial charge in [0.05, 0.1) is 23.9 Å². The van der Waals surface area contributed by atoms with Gasteiger partial charge in [-0.15, -0.1) is 0 Å². The highest BCUT2D eigenvalue weighted by atomic mass is 16.5. The molecule has 2 amide bonds. The molecule has 1 aliphatic heterocycles. The number of imide groups is 1. The smallest absolute Gasteiger partial charge is 0.233 e. The molecule has 0 aromatic heterocycles. The van der Waals surface area contributed by atoms with Gasteiger partial charge in [0.15, 0.2) is 11.6 Å². The monoisotopic (exact) mass is 545 g/mol. The molecule has 0 spiro atoms. The molecule has 4 aliphatic carbocycles. The first-order valence-corrected chi connectivity index (χ1v) is 14.9. The zero-order chi connectivity index (χ0) is 28.3. The molecule has 0 unspecified atom stereocenters. The van der Waals surface area contributed by atoms with E-state index >= 15 is 0 Å². The highest BCUT2D eigenvalue weighted by Gasteiger charge is 2.64. The Hall–Kier alpha value is -3.06. The lowest BCUT2D eigenvalue weighted by Gasteiger charge is -2.54. The second kappa shape index (κ2) is 10.1.